The Labute approximate surface area is 391 Å². The van der Waals surface area contributed by atoms with Crippen LogP contribution in [0.4, 0.5) is 0 Å². The number of methoxy groups -OCH3 is 2. The van der Waals surface area contributed by atoms with Crippen LogP contribution in [-0.2, 0) is 14.2 Å². The zero-order valence-electron chi connectivity index (χ0n) is 37.2. The molecule has 7 heterocycles. The first-order valence-electron chi connectivity index (χ1n) is 22.4. The van der Waals surface area contributed by atoms with Crippen LogP contribution in [0.15, 0.2) is 155 Å². The molecular weight excluding hydrogens is 849 g/mol. The molecule has 11 rings (SSSR count). The lowest BCUT2D eigenvalue weighted by Gasteiger charge is -2.16. The molecule has 68 heavy (non-hydrogen) atoms. The van der Waals surface area contributed by atoms with E-state index in [1.54, 1.807) is 14.2 Å². The van der Waals surface area contributed by atoms with Gasteiger partial charge in [0.15, 0.2) is 0 Å². The molecule has 3 N–H and O–H groups in total. The highest BCUT2D eigenvalue weighted by Crippen LogP contribution is 2.38. The SMILES string of the molecule is COC[C@H]1OC(n2cc(C#Cc3ccc(-c4c5nc(c(-c6ccccc6)c6nc(c(-c7ccccc7)c7ccc([nH]7)c(-c7ccccc7)c7ccc4[nH]7)C=C6)C=C5)cc3)c(=O)[nH]c2=O)C[C@H]1OC. The normalized spacial score (nSPS) is 16.2. The molecule has 11 nitrogen and oxygen atoms in total. The van der Waals surface area contributed by atoms with Gasteiger partial charge in [-0.15, -0.1) is 0 Å². The average Bonchev–Trinajstić information content (AvgIpc) is 4.25. The first-order valence-corrected chi connectivity index (χ1v) is 22.4. The second-order valence-electron chi connectivity index (χ2n) is 16.7. The molecule has 1 fully saturated rings. The van der Waals surface area contributed by atoms with Crippen molar-refractivity contribution in [1.29, 1.82) is 0 Å². The predicted octanol–water partition coefficient (Wildman–Crippen LogP) is 10.5. The number of H-pyrrole nitrogens is 3. The maximum absolute atomic E-state index is 13.0. The lowest BCUT2D eigenvalue weighted by molar-refractivity contribution is -0.0618. The van der Waals surface area contributed by atoms with Gasteiger partial charge in [0.25, 0.3) is 5.56 Å². The number of rotatable bonds is 8. The van der Waals surface area contributed by atoms with E-state index in [4.69, 9.17) is 24.2 Å². The number of hydrogen-bond acceptors (Lipinski definition) is 7. The topological polar surface area (TPSA) is 140 Å². The summed E-state index contributed by atoms with van der Waals surface area (Å²) in [4.78, 5) is 46.8. The van der Waals surface area contributed by atoms with Gasteiger partial charge in [-0.05, 0) is 83.0 Å². The summed E-state index contributed by atoms with van der Waals surface area (Å²) in [6.45, 7) is 0.305. The van der Waals surface area contributed by atoms with Gasteiger partial charge in [-0.1, -0.05) is 115 Å². The van der Waals surface area contributed by atoms with Crippen LogP contribution < -0.4 is 11.2 Å². The third-order valence-corrected chi connectivity index (χ3v) is 12.5. The van der Waals surface area contributed by atoms with Crippen LogP contribution in [0.5, 0.6) is 0 Å². The molecule has 4 aromatic heterocycles. The van der Waals surface area contributed by atoms with E-state index in [0.29, 0.717) is 18.6 Å². The molecule has 8 bridgehead atoms. The molecule has 4 aromatic carbocycles. The number of nitrogens with zero attached hydrogens (tertiary/aromatic N) is 3. The highest BCUT2D eigenvalue weighted by atomic mass is 16.6. The molecule has 0 amide bonds. The van der Waals surface area contributed by atoms with E-state index in [0.717, 1.165) is 89.4 Å². The van der Waals surface area contributed by atoms with Gasteiger partial charge in [0.2, 0.25) is 0 Å². The molecule has 0 aliphatic carbocycles. The van der Waals surface area contributed by atoms with Gasteiger partial charge >= 0.3 is 5.69 Å². The summed E-state index contributed by atoms with van der Waals surface area (Å²) < 4.78 is 18.3. The van der Waals surface area contributed by atoms with Crippen molar-refractivity contribution < 1.29 is 14.2 Å². The van der Waals surface area contributed by atoms with Crippen LogP contribution in [0, 0.1) is 11.8 Å². The largest absolute Gasteiger partial charge is 0.382 e. The van der Waals surface area contributed by atoms with Crippen LogP contribution in [0.2, 0.25) is 0 Å². The fourth-order valence-corrected chi connectivity index (χ4v) is 9.32. The van der Waals surface area contributed by atoms with Crippen molar-refractivity contribution in [3.63, 3.8) is 0 Å². The quantitative estimate of drug-likeness (QED) is 0.129. The van der Waals surface area contributed by atoms with Crippen molar-refractivity contribution in [3.05, 3.63) is 200 Å². The number of hydrogen-bond donors (Lipinski definition) is 3. The molecule has 1 unspecified atom stereocenters. The van der Waals surface area contributed by atoms with E-state index in [1.165, 1.54) is 10.8 Å². The minimum absolute atomic E-state index is 0.131. The van der Waals surface area contributed by atoms with E-state index in [-0.39, 0.29) is 17.8 Å². The van der Waals surface area contributed by atoms with Gasteiger partial charge in [0.1, 0.15) is 17.9 Å². The van der Waals surface area contributed by atoms with E-state index in [1.807, 2.05) is 54.6 Å². The summed E-state index contributed by atoms with van der Waals surface area (Å²) in [5.41, 5.74) is 14.3. The van der Waals surface area contributed by atoms with Crippen molar-refractivity contribution in [2.75, 3.05) is 20.8 Å². The molecule has 8 aromatic rings. The summed E-state index contributed by atoms with van der Waals surface area (Å²) >= 11 is 0. The lowest BCUT2D eigenvalue weighted by atomic mass is 10.0. The van der Waals surface area contributed by atoms with Gasteiger partial charge in [-0.2, -0.15) is 0 Å². The Morgan fingerprint density at radius 2 is 1.04 bits per heavy atom. The average molecular weight is 893 g/mol. The summed E-state index contributed by atoms with van der Waals surface area (Å²) in [5, 5.41) is 0. The maximum atomic E-state index is 13.0. The third-order valence-electron chi connectivity index (χ3n) is 12.5. The fraction of sp³-hybridized carbons (Fsp3) is 0.123. The van der Waals surface area contributed by atoms with E-state index < -0.39 is 17.5 Å². The van der Waals surface area contributed by atoms with Gasteiger partial charge in [-0.3, -0.25) is 14.3 Å². The summed E-state index contributed by atoms with van der Waals surface area (Å²) in [7, 11) is 3.18. The Morgan fingerprint density at radius 3 is 1.56 bits per heavy atom. The second-order valence-corrected chi connectivity index (χ2v) is 16.7. The first-order chi connectivity index (χ1) is 33.4. The Kier molecular flexibility index (Phi) is 11.3. The Hall–Kier alpha value is -8.40. The first kappa shape index (κ1) is 42.2. The van der Waals surface area contributed by atoms with Crippen LogP contribution >= 0.6 is 0 Å². The highest BCUT2D eigenvalue weighted by Gasteiger charge is 2.37. The zero-order valence-corrected chi connectivity index (χ0v) is 37.2. The van der Waals surface area contributed by atoms with Crippen LogP contribution in [0.25, 0.3) is 90.9 Å². The van der Waals surface area contributed by atoms with Gasteiger partial charge < -0.3 is 24.2 Å². The van der Waals surface area contributed by atoms with E-state index >= 15 is 0 Å². The summed E-state index contributed by atoms with van der Waals surface area (Å²) in [6, 6.07) is 47.4. The molecule has 3 aliphatic rings. The lowest BCUT2D eigenvalue weighted by Crippen LogP contribution is -2.33. The minimum Gasteiger partial charge on any atom is -0.382 e. The zero-order chi connectivity index (χ0) is 46.1. The molecule has 0 saturated carbocycles. The number of fused-ring (bicyclic) bond motifs is 8. The van der Waals surface area contributed by atoms with Crippen molar-refractivity contribution in [2.24, 2.45) is 0 Å². The van der Waals surface area contributed by atoms with Crippen LogP contribution in [-0.4, -0.2) is 62.5 Å². The molecule has 3 aliphatic heterocycles. The number of nitrogens with one attached hydrogen (secondary N) is 3. The summed E-state index contributed by atoms with van der Waals surface area (Å²) in [6.07, 6.45) is 8.88. The fourth-order valence-electron chi connectivity index (χ4n) is 9.32. The van der Waals surface area contributed by atoms with Crippen molar-refractivity contribution in [3.8, 4) is 56.3 Å². The van der Waals surface area contributed by atoms with Crippen LogP contribution in [0.1, 0.15) is 46.6 Å². The minimum atomic E-state index is -0.652. The van der Waals surface area contributed by atoms with Gasteiger partial charge in [0.05, 0.1) is 35.5 Å². The van der Waals surface area contributed by atoms with E-state index in [9.17, 15) is 9.59 Å². The molecule has 1 saturated heterocycles. The smallest absolute Gasteiger partial charge is 0.330 e. The number of aromatic nitrogens is 6. The maximum Gasteiger partial charge on any atom is 0.330 e. The summed E-state index contributed by atoms with van der Waals surface area (Å²) in [5.74, 6) is 6.14. The van der Waals surface area contributed by atoms with Gasteiger partial charge in [0, 0.05) is 76.7 Å². The third kappa shape index (κ3) is 8.03. The molecule has 11 heteroatoms. The Morgan fingerprint density at radius 1 is 0.574 bits per heavy atom. The Balaban J connectivity index is 1.09. The molecular formula is C57H44N6O5. The molecule has 3 atom stereocenters. The monoisotopic (exact) mass is 892 g/mol. The molecule has 332 valence electrons. The number of ether oxygens (including phenoxy) is 3. The molecule has 0 radical (unpaired) electrons. The van der Waals surface area contributed by atoms with Crippen LogP contribution in [0.3, 0.4) is 0 Å². The van der Waals surface area contributed by atoms with Gasteiger partial charge in [-0.25, -0.2) is 14.8 Å². The van der Waals surface area contributed by atoms with Crippen molar-refractivity contribution >= 4 is 46.4 Å². The predicted molar refractivity (Wildman–Crippen MR) is 269 cm³/mol. The number of benzene rings is 4. The highest BCUT2D eigenvalue weighted by molar-refractivity contribution is 6.00. The standard InChI is InChI=1S/C57H44N6O5/c1-66-34-50-49(67-2)32-51(68-50)63-33-40(56(64)62-57(63)65)23-20-35-18-21-39(22-19-35)55-47-30-28-45(60-47)53(37-14-8-4-9-15-37)43-26-24-41(58-43)52(36-12-6-3-7-13-36)42-25-27-44(59-42)54(38-16-10-5-11-17-38)46-29-31-48(55)61-46/h3-19,21-22,24-31,33,49-51,58,60H,32,34H2,1-2H3,(H,62,64,65)/t49-,50-,51?/m1/s1. The second kappa shape index (κ2) is 18.1. The number of aromatic amines is 3. The van der Waals surface area contributed by atoms with Crippen molar-refractivity contribution in [1.82, 2.24) is 29.5 Å². The van der Waals surface area contributed by atoms with E-state index in [2.05, 4.69) is 136 Å². The van der Waals surface area contributed by atoms with Crippen molar-refractivity contribution in [2.45, 2.75) is 24.9 Å². The molecule has 0 spiro atoms. The Bertz CT molecular complexity index is 3630.